The van der Waals surface area contributed by atoms with Gasteiger partial charge in [0.1, 0.15) is 17.5 Å². The zero-order valence-electron chi connectivity index (χ0n) is 20.2. The number of anilines is 2. The molecule has 0 aliphatic rings. The van der Waals surface area contributed by atoms with Crippen molar-refractivity contribution in [3.8, 4) is 17.6 Å². The number of nitriles is 1. The Morgan fingerprint density at radius 2 is 1.72 bits per heavy atom. The highest BCUT2D eigenvalue weighted by molar-refractivity contribution is 6.10. The molecule has 2 amide bonds. The zero-order chi connectivity index (χ0) is 26.1. The number of halogens is 1. The first kappa shape index (κ1) is 26.0. The van der Waals surface area contributed by atoms with Crippen molar-refractivity contribution in [1.29, 1.82) is 5.26 Å². The maximum atomic E-state index is 13.0. The topological polar surface area (TPSA) is 100 Å². The Hall–Kier alpha value is -4.64. The maximum Gasteiger partial charge on any atom is 0.266 e. The number of aryl methyl sites for hydroxylation is 2. The highest BCUT2D eigenvalue weighted by Crippen LogP contribution is 2.29. The molecule has 0 heterocycles. The third-order valence-corrected chi connectivity index (χ3v) is 5.06. The molecule has 3 aromatic carbocycles. The second kappa shape index (κ2) is 12.2. The molecule has 0 aliphatic carbocycles. The van der Waals surface area contributed by atoms with Gasteiger partial charge in [-0.25, -0.2) is 4.39 Å². The average Bonchev–Trinajstić information content (AvgIpc) is 2.85. The van der Waals surface area contributed by atoms with Crippen LogP contribution in [-0.2, 0) is 9.59 Å². The molecule has 0 unspecified atom stereocenters. The van der Waals surface area contributed by atoms with E-state index >= 15 is 0 Å². The molecule has 0 spiro atoms. The van der Waals surface area contributed by atoms with Crippen LogP contribution in [0.25, 0.3) is 6.08 Å². The Labute approximate surface area is 209 Å². The van der Waals surface area contributed by atoms with Crippen LogP contribution in [0, 0.1) is 31.0 Å². The van der Waals surface area contributed by atoms with E-state index in [4.69, 9.17) is 9.47 Å². The Kier molecular flexibility index (Phi) is 8.79. The van der Waals surface area contributed by atoms with E-state index in [0.29, 0.717) is 35.0 Å². The minimum absolute atomic E-state index is 0.0789. The Morgan fingerprint density at radius 3 is 2.39 bits per heavy atom. The van der Waals surface area contributed by atoms with Crippen molar-refractivity contribution in [2.24, 2.45) is 0 Å². The summed E-state index contributed by atoms with van der Waals surface area (Å²) in [5.74, 6) is -0.681. The quantitative estimate of drug-likeness (QED) is 0.311. The predicted octanol–water partition coefficient (Wildman–Crippen LogP) is 5.40. The summed E-state index contributed by atoms with van der Waals surface area (Å²) in [5, 5.41) is 14.9. The van der Waals surface area contributed by atoms with E-state index in [0.717, 1.165) is 11.1 Å². The van der Waals surface area contributed by atoms with Gasteiger partial charge in [-0.1, -0.05) is 23.8 Å². The third-order valence-electron chi connectivity index (χ3n) is 5.06. The fraction of sp³-hybridized carbons (Fsp3) is 0.179. The van der Waals surface area contributed by atoms with Crippen LogP contribution in [0.1, 0.15) is 23.6 Å². The van der Waals surface area contributed by atoms with Gasteiger partial charge in [0, 0.05) is 11.4 Å². The van der Waals surface area contributed by atoms with E-state index < -0.39 is 17.6 Å². The van der Waals surface area contributed by atoms with Crippen molar-refractivity contribution in [3.05, 3.63) is 88.7 Å². The number of carbonyl (C=O) groups excluding carboxylic acids is 2. The van der Waals surface area contributed by atoms with Crippen molar-refractivity contribution in [3.63, 3.8) is 0 Å². The van der Waals surface area contributed by atoms with E-state index in [-0.39, 0.29) is 12.2 Å². The first-order valence-electron chi connectivity index (χ1n) is 11.2. The van der Waals surface area contributed by atoms with Crippen LogP contribution < -0.4 is 20.1 Å². The van der Waals surface area contributed by atoms with Crippen LogP contribution in [0.15, 0.2) is 66.2 Å². The molecule has 0 bridgehead atoms. The Balaban J connectivity index is 1.71. The van der Waals surface area contributed by atoms with Crippen LogP contribution in [0.2, 0.25) is 0 Å². The lowest BCUT2D eigenvalue weighted by Gasteiger charge is -2.13. The molecule has 0 saturated carbocycles. The van der Waals surface area contributed by atoms with Crippen molar-refractivity contribution in [2.75, 3.05) is 23.8 Å². The van der Waals surface area contributed by atoms with Gasteiger partial charge >= 0.3 is 0 Å². The standard InChI is InChI=1S/C28H26FN3O4/c1-4-35-26-15-20(14-21(16-30)28(34)32-24-11-5-18(2)13-19(24)3)6-12-25(26)36-17-27(33)31-23-9-7-22(29)8-10-23/h5-15H,4,17H2,1-3H3,(H,31,33)(H,32,34)/b21-14+. The largest absolute Gasteiger partial charge is 0.490 e. The molecule has 0 atom stereocenters. The van der Waals surface area contributed by atoms with Crippen molar-refractivity contribution in [1.82, 2.24) is 0 Å². The third kappa shape index (κ3) is 7.18. The monoisotopic (exact) mass is 487 g/mol. The molecule has 3 aromatic rings. The molecule has 2 N–H and O–H groups in total. The number of hydrogen-bond donors (Lipinski definition) is 2. The molecule has 184 valence electrons. The summed E-state index contributed by atoms with van der Waals surface area (Å²) in [6, 6.07) is 17.8. The van der Waals surface area contributed by atoms with Gasteiger partial charge in [-0.3, -0.25) is 9.59 Å². The number of nitrogens with one attached hydrogen (secondary N) is 2. The van der Waals surface area contributed by atoms with Crippen LogP contribution in [-0.4, -0.2) is 25.0 Å². The van der Waals surface area contributed by atoms with E-state index in [1.54, 1.807) is 31.2 Å². The highest BCUT2D eigenvalue weighted by Gasteiger charge is 2.13. The number of carbonyl (C=O) groups is 2. The van der Waals surface area contributed by atoms with Crippen LogP contribution in [0.4, 0.5) is 15.8 Å². The molecule has 0 aliphatic heterocycles. The predicted molar refractivity (Wildman–Crippen MR) is 136 cm³/mol. The summed E-state index contributed by atoms with van der Waals surface area (Å²) in [6.45, 7) is 5.68. The zero-order valence-corrected chi connectivity index (χ0v) is 20.2. The summed E-state index contributed by atoms with van der Waals surface area (Å²) in [7, 11) is 0. The van der Waals surface area contributed by atoms with Gasteiger partial charge in [-0.2, -0.15) is 5.26 Å². The van der Waals surface area contributed by atoms with Gasteiger partial charge in [-0.05, 0) is 80.4 Å². The lowest BCUT2D eigenvalue weighted by atomic mass is 10.1. The van der Waals surface area contributed by atoms with Gasteiger partial charge in [0.15, 0.2) is 18.1 Å². The molecule has 7 nitrogen and oxygen atoms in total. The maximum absolute atomic E-state index is 13.0. The molecule has 0 saturated heterocycles. The van der Waals surface area contributed by atoms with Gasteiger partial charge in [0.05, 0.1) is 6.61 Å². The Morgan fingerprint density at radius 1 is 0.972 bits per heavy atom. The second-order valence-corrected chi connectivity index (χ2v) is 7.93. The van der Waals surface area contributed by atoms with E-state index in [1.165, 1.54) is 30.3 Å². The SMILES string of the molecule is CCOc1cc(/C=C(\C#N)C(=O)Nc2ccc(C)cc2C)ccc1OCC(=O)Nc1ccc(F)cc1. The molecule has 0 aromatic heterocycles. The summed E-state index contributed by atoms with van der Waals surface area (Å²) < 4.78 is 24.3. The highest BCUT2D eigenvalue weighted by atomic mass is 19.1. The summed E-state index contributed by atoms with van der Waals surface area (Å²) in [5.41, 5.74) is 3.51. The molecule has 3 rings (SSSR count). The molecule has 8 heteroatoms. The minimum Gasteiger partial charge on any atom is -0.490 e. The molecular weight excluding hydrogens is 461 g/mol. The fourth-order valence-electron chi connectivity index (χ4n) is 3.33. The minimum atomic E-state index is -0.528. The number of amides is 2. The molecule has 0 radical (unpaired) electrons. The second-order valence-electron chi connectivity index (χ2n) is 7.93. The summed E-state index contributed by atoms with van der Waals surface area (Å²) >= 11 is 0. The van der Waals surface area contributed by atoms with Crippen LogP contribution in [0.3, 0.4) is 0 Å². The van der Waals surface area contributed by atoms with Gasteiger partial charge < -0.3 is 20.1 Å². The first-order valence-corrected chi connectivity index (χ1v) is 11.2. The summed E-state index contributed by atoms with van der Waals surface area (Å²) in [4.78, 5) is 24.9. The van der Waals surface area contributed by atoms with Gasteiger partial charge in [0.25, 0.3) is 11.8 Å². The average molecular weight is 488 g/mol. The number of ether oxygens (including phenoxy) is 2. The number of rotatable bonds is 9. The van der Waals surface area contributed by atoms with Crippen LogP contribution >= 0.6 is 0 Å². The number of nitrogens with zero attached hydrogens (tertiary/aromatic N) is 1. The fourth-order valence-corrected chi connectivity index (χ4v) is 3.33. The Bertz CT molecular complexity index is 1330. The molecule has 0 fully saturated rings. The lowest BCUT2D eigenvalue weighted by Crippen LogP contribution is -2.20. The van der Waals surface area contributed by atoms with Crippen molar-refractivity contribution >= 4 is 29.3 Å². The van der Waals surface area contributed by atoms with E-state index in [1.807, 2.05) is 32.0 Å². The molecule has 36 heavy (non-hydrogen) atoms. The first-order chi connectivity index (χ1) is 17.3. The van der Waals surface area contributed by atoms with Crippen molar-refractivity contribution in [2.45, 2.75) is 20.8 Å². The number of benzene rings is 3. The van der Waals surface area contributed by atoms with Gasteiger partial charge in [-0.15, -0.1) is 0 Å². The molecular formula is C28H26FN3O4. The van der Waals surface area contributed by atoms with Crippen LogP contribution in [0.5, 0.6) is 11.5 Å². The number of hydrogen-bond acceptors (Lipinski definition) is 5. The van der Waals surface area contributed by atoms with E-state index in [2.05, 4.69) is 10.6 Å². The smallest absolute Gasteiger partial charge is 0.266 e. The van der Waals surface area contributed by atoms with Gasteiger partial charge in [0.2, 0.25) is 0 Å². The van der Waals surface area contributed by atoms with Crippen molar-refractivity contribution < 1.29 is 23.5 Å². The normalized spacial score (nSPS) is 10.8. The lowest BCUT2D eigenvalue weighted by molar-refractivity contribution is -0.118. The van der Waals surface area contributed by atoms with E-state index in [9.17, 15) is 19.2 Å². The summed E-state index contributed by atoms with van der Waals surface area (Å²) in [6.07, 6.45) is 1.45.